The zero-order valence-electron chi connectivity index (χ0n) is 21.6. The highest BCUT2D eigenvalue weighted by Crippen LogP contribution is 2.66. The minimum absolute atomic E-state index is 0.0244. The molecule has 0 spiro atoms. The SMILES string of the molecule is CCCCCCCC[C@H]1CC[C@H]2[C@@H]3CC=C4C[C@@H](OC(=O)CC)CC[C@]4(C)[C@H]3CC[C@]12C. The normalized spacial score (nSPS) is 40.8. The average molecular weight is 443 g/mol. The van der Waals surface area contributed by atoms with Crippen LogP contribution in [0.15, 0.2) is 11.6 Å². The first-order valence-corrected chi connectivity index (χ1v) is 14.3. The Morgan fingerprint density at radius 2 is 1.75 bits per heavy atom. The zero-order valence-corrected chi connectivity index (χ0v) is 21.6. The van der Waals surface area contributed by atoms with Crippen LogP contribution in [0.25, 0.3) is 0 Å². The first kappa shape index (κ1) is 24.3. The maximum atomic E-state index is 11.8. The van der Waals surface area contributed by atoms with Gasteiger partial charge in [0.15, 0.2) is 0 Å². The fourth-order valence-corrected chi connectivity index (χ4v) is 8.75. The van der Waals surface area contributed by atoms with Crippen molar-refractivity contribution in [3.8, 4) is 0 Å². The van der Waals surface area contributed by atoms with E-state index in [0.717, 1.165) is 36.5 Å². The van der Waals surface area contributed by atoms with E-state index < -0.39 is 0 Å². The van der Waals surface area contributed by atoms with E-state index in [1.165, 1.54) is 83.5 Å². The van der Waals surface area contributed by atoms with Crippen molar-refractivity contribution in [1.82, 2.24) is 0 Å². The lowest BCUT2D eigenvalue weighted by Gasteiger charge is -2.58. The summed E-state index contributed by atoms with van der Waals surface area (Å²) in [4.78, 5) is 11.8. The van der Waals surface area contributed by atoms with E-state index in [9.17, 15) is 4.79 Å². The Bertz CT molecular complexity index is 680. The number of unbranched alkanes of at least 4 members (excludes halogenated alkanes) is 5. The summed E-state index contributed by atoms with van der Waals surface area (Å²) in [6.45, 7) is 9.47. The topological polar surface area (TPSA) is 26.3 Å². The molecule has 3 saturated carbocycles. The maximum Gasteiger partial charge on any atom is 0.305 e. The van der Waals surface area contributed by atoms with Crippen molar-refractivity contribution in [2.45, 2.75) is 137 Å². The molecule has 32 heavy (non-hydrogen) atoms. The van der Waals surface area contributed by atoms with Crippen molar-refractivity contribution in [1.29, 1.82) is 0 Å². The predicted octanol–water partition coefficient (Wildman–Crippen LogP) is 8.64. The van der Waals surface area contributed by atoms with E-state index in [2.05, 4.69) is 26.8 Å². The number of hydrogen-bond acceptors (Lipinski definition) is 2. The molecule has 0 aliphatic heterocycles. The number of allylic oxidation sites excluding steroid dienone is 1. The van der Waals surface area contributed by atoms with Crippen LogP contribution in [0.2, 0.25) is 0 Å². The summed E-state index contributed by atoms with van der Waals surface area (Å²) in [6, 6.07) is 0. The van der Waals surface area contributed by atoms with Gasteiger partial charge in [0.05, 0.1) is 0 Å². The second-order valence-electron chi connectivity index (χ2n) is 12.3. The van der Waals surface area contributed by atoms with Gasteiger partial charge in [-0.05, 0) is 85.9 Å². The summed E-state index contributed by atoms with van der Waals surface area (Å²) in [6.07, 6.45) is 23.7. The van der Waals surface area contributed by atoms with Crippen LogP contribution < -0.4 is 0 Å². The lowest BCUT2D eigenvalue weighted by Crippen LogP contribution is -2.50. The Balaban J connectivity index is 1.38. The molecule has 0 N–H and O–H groups in total. The highest BCUT2D eigenvalue weighted by Gasteiger charge is 2.58. The third-order valence-corrected chi connectivity index (χ3v) is 10.7. The standard InChI is InChI=1S/C30H50O2/c1-5-7-8-9-10-11-12-22-14-16-26-25-15-13-23-21-24(32-28(31)6-2)17-19-30(23,4)27(25)18-20-29(22,26)3/h13,22,24-27H,5-12,14-21H2,1-4H3/t22-,24-,25-,26-,27-,29+,30-/m0/s1. The summed E-state index contributed by atoms with van der Waals surface area (Å²) in [7, 11) is 0. The van der Waals surface area contributed by atoms with Crippen LogP contribution in [0.4, 0.5) is 0 Å². The molecule has 0 heterocycles. The maximum absolute atomic E-state index is 11.8. The Labute approximate surface area is 198 Å². The van der Waals surface area contributed by atoms with Crippen molar-refractivity contribution in [2.24, 2.45) is 34.5 Å². The summed E-state index contributed by atoms with van der Waals surface area (Å²) in [5.41, 5.74) is 2.58. The van der Waals surface area contributed by atoms with Crippen LogP contribution in [0.3, 0.4) is 0 Å². The first-order chi connectivity index (χ1) is 15.4. The minimum Gasteiger partial charge on any atom is -0.462 e. The van der Waals surface area contributed by atoms with Gasteiger partial charge in [-0.25, -0.2) is 0 Å². The first-order valence-electron chi connectivity index (χ1n) is 14.3. The lowest BCUT2D eigenvalue weighted by atomic mass is 9.47. The molecule has 0 aromatic heterocycles. The van der Waals surface area contributed by atoms with Crippen LogP contribution in [0.1, 0.15) is 130 Å². The molecular formula is C30H50O2. The van der Waals surface area contributed by atoms with Crippen LogP contribution in [-0.2, 0) is 9.53 Å². The van der Waals surface area contributed by atoms with Crippen molar-refractivity contribution in [2.75, 3.05) is 0 Å². The van der Waals surface area contributed by atoms with Gasteiger partial charge in [0, 0.05) is 12.8 Å². The molecular weight excluding hydrogens is 392 g/mol. The Morgan fingerprint density at radius 1 is 0.969 bits per heavy atom. The fourth-order valence-electron chi connectivity index (χ4n) is 8.75. The third-order valence-electron chi connectivity index (χ3n) is 10.7. The van der Waals surface area contributed by atoms with E-state index >= 15 is 0 Å². The molecule has 4 aliphatic rings. The highest BCUT2D eigenvalue weighted by molar-refractivity contribution is 5.69. The molecule has 182 valence electrons. The van der Waals surface area contributed by atoms with Gasteiger partial charge in [0.25, 0.3) is 0 Å². The number of carbonyl (C=O) groups is 1. The van der Waals surface area contributed by atoms with Gasteiger partial charge < -0.3 is 4.74 Å². The molecule has 0 aromatic rings. The second kappa shape index (κ2) is 10.2. The molecule has 0 aromatic carbocycles. The Morgan fingerprint density at radius 3 is 2.53 bits per heavy atom. The number of rotatable bonds is 9. The molecule has 2 nitrogen and oxygen atoms in total. The summed E-state index contributed by atoms with van der Waals surface area (Å²) in [5.74, 6) is 3.64. The minimum atomic E-state index is -0.0244. The number of hydrogen-bond donors (Lipinski definition) is 0. The molecule has 7 atom stereocenters. The largest absolute Gasteiger partial charge is 0.462 e. The van der Waals surface area contributed by atoms with E-state index in [-0.39, 0.29) is 12.1 Å². The van der Waals surface area contributed by atoms with Crippen LogP contribution in [0.5, 0.6) is 0 Å². The average Bonchev–Trinajstić information content (AvgIpc) is 3.12. The van der Waals surface area contributed by atoms with Crippen molar-refractivity contribution in [3.05, 3.63) is 11.6 Å². The molecule has 0 bridgehead atoms. The lowest BCUT2D eigenvalue weighted by molar-refractivity contribution is -0.151. The highest BCUT2D eigenvalue weighted by atomic mass is 16.5. The number of ether oxygens (including phenoxy) is 1. The van der Waals surface area contributed by atoms with Gasteiger partial charge in [0.1, 0.15) is 6.10 Å². The molecule has 0 radical (unpaired) electrons. The number of carbonyl (C=O) groups excluding carboxylic acids is 1. The van der Waals surface area contributed by atoms with Crippen LogP contribution in [-0.4, -0.2) is 12.1 Å². The Hall–Kier alpha value is -0.790. The molecule has 0 amide bonds. The van der Waals surface area contributed by atoms with E-state index in [4.69, 9.17) is 4.74 Å². The van der Waals surface area contributed by atoms with Crippen LogP contribution in [0, 0.1) is 34.5 Å². The molecule has 4 rings (SSSR count). The van der Waals surface area contributed by atoms with Gasteiger partial charge in [0.2, 0.25) is 0 Å². The quantitative estimate of drug-likeness (QED) is 0.203. The van der Waals surface area contributed by atoms with Crippen LogP contribution >= 0.6 is 0 Å². The summed E-state index contributed by atoms with van der Waals surface area (Å²) >= 11 is 0. The zero-order chi connectivity index (χ0) is 22.8. The molecule has 4 aliphatic carbocycles. The molecule has 0 saturated heterocycles. The Kier molecular flexibility index (Phi) is 7.78. The van der Waals surface area contributed by atoms with Gasteiger partial charge >= 0.3 is 5.97 Å². The van der Waals surface area contributed by atoms with Crippen molar-refractivity contribution >= 4 is 5.97 Å². The van der Waals surface area contributed by atoms with Gasteiger partial charge in [-0.1, -0.05) is 77.9 Å². The number of esters is 1. The van der Waals surface area contributed by atoms with Gasteiger partial charge in [-0.2, -0.15) is 0 Å². The third kappa shape index (κ3) is 4.58. The predicted molar refractivity (Wildman–Crippen MR) is 133 cm³/mol. The van der Waals surface area contributed by atoms with E-state index in [0.29, 0.717) is 17.3 Å². The van der Waals surface area contributed by atoms with Gasteiger partial charge in [-0.15, -0.1) is 0 Å². The van der Waals surface area contributed by atoms with E-state index in [1.807, 2.05) is 6.92 Å². The fraction of sp³-hybridized carbons (Fsp3) is 0.900. The summed E-state index contributed by atoms with van der Waals surface area (Å²) in [5, 5.41) is 0. The smallest absolute Gasteiger partial charge is 0.305 e. The molecule has 3 fully saturated rings. The van der Waals surface area contributed by atoms with Crippen molar-refractivity contribution < 1.29 is 9.53 Å². The molecule has 2 heteroatoms. The monoisotopic (exact) mass is 442 g/mol. The molecule has 0 unspecified atom stereocenters. The van der Waals surface area contributed by atoms with E-state index in [1.54, 1.807) is 5.57 Å². The van der Waals surface area contributed by atoms with Gasteiger partial charge in [-0.3, -0.25) is 4.79 Å². The second-order valence-corrected chi connectivity index (χ2v) is 12.3. The summed E-state index contributed by atoms with van der Waals surface area (Å²) < 4.78 is 5.76. The van der Waals surface area contributed by atoms with Crippen molar-refractivity contribution in [3.63, 3.8) is 0 Å². The number of fused-ring (bicyclic) bond motifs is 5.